The highest BCUT2D eigenvalue weighted by molar-refractivity contribution is 5.68. The first kappa shape index (κ1) is 26.8. The fourth-order valence-electron chi connectivity index (χ4n) is 4.79. The SMILES string of the molecule is CC(C)(C)OC(=O)NC1CCC(CCN2CCC(OCc3cccc(C(F)(F)F)c3)CC2)CC1. The summed E-state index contributed by atoms with van der Waals surface area (Å²) < 4.78 is 49.9. The van der Waals surface area contributed by atoms with Gasteiger partial charge in [0.25, 0.3) is 0 Å². The lowest BCUT2D eigenvalue weighted by Crippen LogP contribution is -2.41. The maximum atomic E-state index is 12.9. The molecule has 2 aliphatic rings. The first-order chi connectivity index (χ1) is 16.0. The molecule has 5 nitrogen and oxygen atoms in total. The Labute approximate surface area is 201 Å². The van der Waals surface area contributed by atoms with Gasteiger partial charge in [0.1, 0.15) is 5.60 Å². The maximum Gasteiger partial charge on any atom is 0.416 e. The van der Waals surface area contributed by atoms with Crippen LogP contribution in [-0.2, 0) is 22.3 Å². The van der Waals surface area contributed by atoms with Gasteiger partial charge in [-0.25, -0.2) is 4.79 Å². The molecule has 192 valence electrons. The molecule has 3 rings (SSSR count). The van der Waals surface area contributed by atoms with Crippen LogP contribution in [0.25, 0.3) is 0 Å². The molecule has 0 spiro atoms. The zero-order valence-electron chi connectivity index (χ0n) is 20.6. The van der Waals surface area contributed by atoms with E-state index in [0.29, 0.717) is 11.5 Å². The van der Waals surface area contributed by atoms with E-state index >= 15 is 0 Å². The number of alkyl carbamates (subject to hydrolysis) is 1. The van der Waals surface area contributed by atoms with Gasteiger partial charge in [-0.1, -0.05) is 12.1 Å². The maximum absolute atomic E-state index is 12.9. The van der Waals surface area contributed by atoms with E-state index in [1.54, 1.807) is 6.07 Å². The standard InChI is InChI=1S/C26H39F3N2O3/c1-25(2,3)34-24(32)30-22-9-7-19(8-10-22)11-14-31-15-12-23(13-16-31)33-18-20-5-4-6-21(17-20)26(27,28)29/h4-6,17,19,22-23H,7-16,18H2,1-3H3,(H,30,32). The van der Waals surface area contributed by atoms with Crippen LogP contribution in [0.5, 0.6) is 0 Å². The number of carbonyl (C=O) groups excluding carboxylic acids is 1. The molecule has 0 atom stereocenters. The van der Waals surface area contributed by atoms with Crippen LogP contribution in [0, 0.1) is 5.92 Å². The van der Waals surface area contributed by atoms with Gasteiger partial charge < -0.3 is 19.7 Å². The number of carbonyl (C=O) groups is 1. The van der Waals surface area contributed by atoms with E-state index in [4.69, 9.17) is 9.47 Å². The van der Waals surface area contributed by atoms with Gasteiger partial charge >= 0.3 is 12.3 Å². The van der Waals surface area contributed by atoms with Crippen LogP contribution in [0.3, 0.4) is 0 Å². The van der Waals surface area contributed by atoms with Crippen molar-refractivity contribution in [3.8, 4) is 0 Å². The highest BCUT2D eigenvalue weighted by Crippen LogP contribution is 2.30. The second-order valence-corrected chi connectivity index (χ2v) is 10.7. The van der Waals surface area contributed by atoms with Crippen molar-refractivity contribution < 1.29 is 27.4 Å². The molecule has 1 N–H and O–H groups in total. The lowest BCUT2D eigenvalue weighted by molar-refractivity contribution is -0.137. The molecular formula is C26H39F3N2O3. The molecule has 0 aromatic heterocycles. The van der Waals surface area contributed by atoms with Crippen LogP contribution < -0.4 is 5.32 Å². The van der Waals surface area contributed by atoms with E-state index < -0.39 is 17.3 Å². The van der Waals surface area contributed by atoms with E-state index in [0.717, 1.165) is 70.6 Å². The number of likely N-dealkylation sites (tertiary alicyclic amines) is 1. The Morgan fingerprint density at radius 2 is 1.74 bits per heavy atom. The first-order valence-electron chi connectivity index (χ1n) is 12.5. The quantitative estimate of drug-likeness (QED) is 0.504. The van der Waals surface area contributed by atoms with Crippen molar-refractivity contribution >= 4 is 6.09 Å². The van der Waals surface area contributed by atoms with Gasteiger partial charge in [-0.2, -0.15) is 13.2 Å². The minimum atomic E-state index is -4.32. The number of nitrogens with zero attached hydrogens (tertiary/aromatic N) is 1. The average molecular weight is 485 g/mol. The highest BCUT2D eigenvalue weighted by atomic mass is 19.4. The Morgan fingerprint density at radius 3 is 2.35 bits per heavy atom. The van der Waals surface area contributed by atoms with Crippen molar-refractivity contribution in [2.75, 3.05) is 19.6 Å². The number of amides is 1. The Balaban J connectivity index is 1.29. The summed E-state index contributed by atoms with van der Waals surface area (Å²) in [4.78, 5) is 14.4. The van der Waals surface area contributed by atoms with Crippen molar-refractivity contribution in [2.24, 2.45) is 5.92 Å². The second-order valence-electron chi connectivity index (χ2n) is 10.7. The van der Waals surface area contributed by atoms with E-state index in [1.807, 2.05) is 20.8 Å². The molecule has 2 fully saturated rings. The van der Waals surface area contributed by atoms with Gasteiger partial charge in [-0.05, 0) is 95.9 Å². The molecule has 1 aliphatic heterocycles. The summed E-state index contributed by atoms with van der Waals surface area (Å²) in [5.41, 5.74) is -0.537. The molecule has 1 amide bonds. The zero-order valence-corrected chi connectivity index (χ0v) is 20.6. The number of piperidine rings is 1. The van der Waals surface area contributed by atoms with Crippen LogP contribution in [0.2, 0.25) is 0 Å². The minimum absolute atomic E-state index is 0.0974. The van der Waals surface area contributed by atoms with Gasteiger partial charge in [0.2, 0.25) is 0 Å². The summed E-state index contributed by atoms with van der Waals surface area (Å²) in [6.45, 7) is 8.81. The van der Waals surface area contributed by atoms with E-state index in [-0.39, 0.29) is 24.8 Å². The third-order valence-corrected chi connectivity index (χ3v) is 6.70. The molecule has 1 heterocycles. The Hall–Kier alpha value is -1.80. The Morgan fingerprint density at radius 1 is 1.06 bits per heavy atom. The fourth-order valence-corrected chi connectivity index (χ4v) is 4.79. The number of hydrogen-bond donors (Lipinski definition) is 1. The largest absolute Gasteiger partial charge is 0.444 e. The lowest BCUT2D eigenvalue weighted by atomic mass is 9.84. The number of benzene rings is 1. The third kappa shape index (κ3) is 9.10. The Kier molecular flexibility index (Phi) is 9.27. The average Bonchev–Trinajstić information content (AvgIpc) is 2.76. The number of ether oxygens (including phenoxy) is 2. The van der Waals surface area contributed by atoms with Crippen LogP contribution in [0.4, 0.5) is 18.0 Å². The molecule has 1 aliphatic carbocycles. The molecule has 0 unspecified atom stereocenters. The summed E-state index contributed by atoms with van der Waals surface area (Å²) in [5.74, 6) is 0.687. The van der Waals surface area contributed by atoms with Crippen molar-refractivity contribution in [3.63, 3.8) is 0 Å². The second kappa shape index (κ2) is 11.8. The molecule has 1 aromatic carbocycles. The van der Waals surface area contributed by atoms with Crippen molar-refractivity contribution in [1.82, 2.24) is 10.2 Å². The van der Waals surface area contributed by atoms with Crippen molar-refractivity contribution in [1.29, 1.82) is 0 Å². The normalized spacial score (nSPS) is 23.0. The molecule has 8 heteroatoms. The fraction of sp³-hybridized carbons (Fsp3) is 0.731. The van der Waals surface area contributed by atoms with Crippen LogP contribution >= 0.6 is 0 Å². The molecule has 1 aromatic rings. The minimum Gasteiger partial charge on any atom is -0.444 e. The predicted molar refractivity (Wildman–Crippen MR) is 125 cm³/mol. The first-order valence-corrected chi connectivity index (χ1v) is 12.5. The lowest BCUT2D eigenvalue weighted by Gasteiger charge is -2.34. The van der Waals surface area contributed by atoms with Gasteiger partial charge in [0.15, 0.2) is 0 Å². The highest BCUT2D eigenvalue weighted by Gasteiger charge is 2.30. The molecule has 34 heavy (non-hydrogen) atoms. The number of alkyl halides is 3. The predicted octanol–water partition coefficient (Wildman–Crippen LogP) is 6.16. The smallest absolute Gasteiger partial charge is 0.416 e. The van der Waals surface area contributed by atoms with Crippen LogP contribution in [0.1, 0.15) is 76.8 Å². The zero-order chi connectivity index (χ0) is 24.8. The molecule has 1 saturated heterocycles. The van der Waals surface area contributed by atoms with Gasteiger partial charge in [0, 0.05) is 19.1 Å². The summed E-state index contributed by atoms with van der Waals surface area (Å²) in [6, 6.07) is 5.59. The number of nitrogens with one attached hydrogen (secondary N) is 1. The van der Waals surface area contributed by atoms with E-state index in [1.165, 1.54) is 12.1 Å². The van der Waals surface area contributed by atoms with Crippen molar-refractivity contribution in [2.45, 2.75) is 96.2 Å². The van der Waals surface area contributed by atoms with Crippen LogP contribution in [-0.4, -0.2) is 48.4 Å². The summed E-state index contributed by atoms with van der Waals surface area (Å²) in [5, 5.41) is 3.00. The van der Waals surface area contributed by atoms with Gasteiger partial charge in [-0.3, -0.25) is 0 Å². The summed E-state index contributed by atoms with van der Waals surface area (Å²) in [7, 11) is 0. The van der Waals surface area contributed by atoms with E-state index in [9.17, 15) is 18.0 Å². The molecule has 0 radical (unpaired) electrons. The molecular weight excluding hydrogens is 445 g/mol. The van der Waals surface area contributed by atoms with Gasteiger partial charge in [0.05, 0.1) is 18.3 Å². The van der Waals surface area contributed by atoms with Crippen molar-refractivity contribution in [3.05, 3.63) is 35.4 Å². The topological polar surface area (TPSA) is 50.8 Å². The third-order valence-electron chi connectivity index (χ3n) is 6.70. The number of rotatable bonds is 7. The summed E-state index contributed by atoms with van der Waals surface area (Å²) >= 11 is 0. The molecule has 0 bridgehead atoms. The van der Waals surface area contributed by atoms with E-state index in [2.05, 4.69) is 10.2 Å². The number of halogens is 3. The van der Waals surface area contributed by atoms with Crippen LogP contribution in [0.15, 0.2) is 24.3 Å². The Bertz CT molecular complexity index is 778. The summed E-state index contributed by atoms with van der Waals surface area (Å²) in [6.07, 6.45) is 2.66. The monoisotopic (exact) mass is 484 g/mol. The molecule has 1 saturated carbocycles. The number of hydrogen-bond acceptors (Lipinski definition) is 4. The van der Waals surface area contributed by atoms with Gasteiger partial charge in [-0.15, -0.1) is 0 Å².